The molecule has 6 heteroatoms. The van der Waals surface area contributed by atoms with Gasteiger partial charge in [-0.3, -0.25) is 0 Å². The first-order valence-corrected chi connectivity index (χ1v) is 8.35. The van der Waals surface area contributed by atoms with Crippen LogP contribution in [0.15, 0.2) is 0 Å². The van der Waals surface area contributed by atoms with Gasteiger partial charge in [0, 0.05) is 6.54 Å². The van der Waals surface area contributed by atoms with Crippen molar-refractivity contribution in [3.63, 3.8) is 0 Å². The van der Waals surface area contributed by atoms with Crippen LogP contribution in [0.2, 0.25) is 0 Å². The number of sulfonamides is 1. The minimum atomic E-state index is -3.17. The van der Waals surface area contributed by atoms with Crippen molar-refractivity contribution < 1.29 is 13.2 Å². The molecule has 2 heterocycles. The quantitative estimate of drug-likeness (QED) is 0.790. The van der Waals surface area contributed by atoms with Crippen LogP contribution in [0.4, 0.5) is 0 Å². The first kappa shape index (κ1) is 14.2. The maximum atomic E-state index is 11.7. The normalized spacial score (nSPS) is 28.1. The molecule has 1 atom stereocenters. The minimum Gasteiger partial charge on any atom is -0.370 e. The lowest BCUT2D eigenvalue weighted by Gasteiger charge is -2.33. The van der Waals surface area contributed by atoms with Gasteiger partial charge in [0.1, 0.15) is 0 Å². The fourth-order valence-corrected chi connectivity index (χ4v) is 3.42. The first-order chi connectivity index (χ1) is 8.44. The summed E-state index contributed by atoms with van der Waals surface area (Å²) in [6.45, 7) is 5.79. The highest BCUT2D eigenvalue weighted by atomic mass is 32.2. The van der Waals surface area contributed by atoms with Crippen LogP contribution in [0.1, 0.15) is 39.5 Å². The Labute approximate surface area is 110 Å². The fraction of sp³-hybridized carbons (Fsp3) is 1.00. The standard InChI is InChI=1S/C12H24N2O3S/c1-10(2)18(15,16)14-9-11-3-4-12(17-11)5-7-13-8-6-12/h10-11,13-14H,3-9H2,1-2H3/t11-/m1/s1. The third-order valence-corrected chi connectivity index (χ3v) is 5.80. The monoisotopic (exact) mass is 276 g/mol. The van der Waals surface area contributed by atoms with Crippen molar-refractivity contribution in [1.82, 2.24) is 10.0 Å². The maximum absolute atomic E-state index is 11.7. The Balaban J connectivity index is 1.83. The summed E-state index contributed by atoms with van der Waals surface area (Å²) in [7, 11) is -3.17. The number of hydrogen-bond acceptors (Lipinski definition) is 4. The van der Waals surface area contributed by atoms with Gasteiger partial charge in [-0.15, -0.1) is 0 Å². The number of piperidine rings is 1. The van der Waals surface area contributed by atoms with E-state index in [1.807, 2.05) is 0 Å². The molecule has 0 unspecified atom stereocenters. The third-order valence-electron chi connectivity index (χ3n) is 3.99. The van der Waals surface area contributed by atoms with Gasteiger partial charge in [-0.05, 0) is 52.6 Å². The van der Waals surface area contributed by atoms with E-state index in [4.69, 9.17) is 4.74 Å². The average Bonchev–Trinajstić information content (AvgIpc) is 2.71. The van der Waals surface area contributed by atoms with Gasteiger partial charge in [-0.1, -0.05) is 0 Å². The Kier molecular flexibility index (Phi) is 4.31. The van der Waals surface area contributed by atoms with Gasteiger partial charge in [0.2, 0.25) is 10.0 Å². The Bertz CT molecular complexity index is 375. The molecule has 2 saturated heterocycles. The zero-order valence-corrected chi connectivity index (χ0v) is 12.1. The van der Waals surface area contributed by atoms with Crippen molar-refractivity contribution in [2.75, 3.05) is 19.6 Å². The lowest BCUT2D eigenvalue weighted by atomic mass is 9.89. The molecule has 0 amide bonds. The SMILES string of the molecule is CC(C)S(=O)(=O)NC[C@H]1CCC2(CCNCC2)O1. The Morgan fingerprint density at radius 2 is 2.00 bits per heavy atom. The highest BCUT2D eigenvalue weighted by Crippen LogP contribution is 2.37. The molecule has 2 N–H and O–H groups in total. The summed E-state index contributed by atoms with van der Waals surface area (Å²) < 4.78 is 32.1. The molecule has 0 aromatic heterocycles. The van der Waals surface area contributed by atoms with Gasteiger partial charge in [0.05, 0.1) is 17.0 Å². The Morgan fingerprint density at radius 3 is 2.61 bits per heavy atom. The molecule has 0 aromatic carbocycles. The minimum absolute atomic E-state index is 0.0131. The molecule has 2 aliphatic rings. The number of ether oxygens (including phenoxy) is 1. The maximum Gasteiger partial charge on any atom is 0.214 e. The van der Waals surface area contributed by atoms with Crippen molar-refractivity contribution in [2.45, 2.75) is 56.5 Å². The molecule has 1 spiro atoms. The lowest BCUT2D eigenvalue weighted by molar-refractivity contribution is -0.0567. The second-order valence-electron chi connectivity index (χ2n) is 5.65. The van der Waals surface area contributed by atoms with Crippen LogP contribution < -0.4 is 10.0 Å². The van der Waals surface area contributed by atoms with Crippen LogP contribution in [0.25, 0.3) is 0 Å². The summed E-state index contributed by atoms with van der Waals surface area (Å²) >= 11 is 0. The molecule has 2 aliphatic heterocycles. The van der Waals surface area contributed by atoms with E-state index in [2.05, 4.69) is 10.0 Å². The molecule has 0 aromatic rings. The Morgan fingerprint density at radius 1 is 1.33 bits per heavy atom. The molecular formula is C12H24N2O3S. The van der Waals surface area contributed by atoms with Crippen molar-refractivity contribution >= 4 is 10.0 Å². The molecule has 0 aliphatic carbocycles. The molecule has 106 valence electrons. The third kappa shape index (κ3) is 3.23. The molecule has 2 fully saturated rings. The highest BCUT2D eigenvalue weighted by molar-refractivity contribution is 7.90. The van der Waals surface area contributed by atoms with Crippen molar-refractivity contribution in [1.29, 1.82) is 0 Å². The van der Waals surface area contributed by atoms with Crippen LogP contribution in [-0.4, -0.2) is 45.0 Å². The fourth-order valence-electron chi connectivity index (χ4n) is 2.67. The summed E-state index contributed by atoms with van der Waals surface area (Å²) in [5.74, 6) is 0. The van der Waals surface area contributed by atoms with E-state index in [1.54, 1.807) is 13.8 Å². The predicted octanol–water partition coefficient (Wildman–Crippen LogP) is 0.615. The van der Waals surface area contributed by atoms with Gasteiger partial charge >= 0.3 is 0 Å². The molecule has 2 rings (SSSR count). The van der Waals surface area contributed by atoms with Crippen LogP contribution in [0.3, 0.4) is 0 Å². The molecule has 0 radical (unpaired) electrons. The Hall–Kier alpha value is -0.170. The van der Waals surface area contributed by atoms with Gasteiger partial charge < -0.3 is 10.1 Å². The number of rotatable bonds is 4. The zero-order chi connectivity index (χ0) is 13.2. The highest BCUT2D eigenvalue weighted by Gasteiger charge is 2.40. The van der Waals surface area contributed by atoms with E-state index >= 15 is 0 Å². The zero-order valence-electron chi connectivity index (χ0n) is 11.2. The van der Waals surface area contributed by atoms with Crippen LogP contribution in [0, 0.1) is 0 Å². The second kappa shape index (κ2) is 5.45. The predicted molar refractivity (Wildman–Crippen MR) is 71.0 cm³/mol. The number of nitrogens with one attached hydrogen (secondary N) is 2. The summed E-state index contributed by atoms with van der Waals surface area (Å²) in [6, 6.07) is 0. The van der Waals surface area contributed by atoms with Gasteiger partial charge in [0.15, 0.2) is 0 Å². The van der Waals surface area contributed by atoms with E-state index in [9.17, 15) is 8.42 Å². The van der Waals surface area contributed by atoms with Crippen LogP contribution in [-0.2, 0) is 14.8 Å². The summed E-state index contributed by atoms with van der Waals surface area (Å²) in [5, 5.41) is 2.95. The molecular weight excluding hydrogens is 252 g/mol. The van der Waals surface area contributed by atoms with Gasteiger partial charge in [-0.25, -0.2) is 13.1 Å². The molecule has 5 nitrogen and oxygen atoms in total. The van der Waals surface area contributed by atoms with Crippen LogP contribution in [0.5, 0.6) is 0 Å². The van der Waals surface area contributed by atoms with Gasteiger partial charge in [-0.2, -0.15) is 0 Å². The van der Waals surface area contributed by atoms with Crippen molar-refractivity contribution in [2.24, 2.45) is 0 Å². The lowest BCUT2D eigenvalue weighted by Crippen LogP contribution is -2.43. The van der Waals surface area contributed by atoms with E-state index in [-0.39, 0.29) is 17.0 Å². The van der Waals surface area contributed by atoms with Crippen LogP contribution >= 0.6 is 0 Å². The second-order valence-corrected chi connectivity index (χ2v) is 7.98. The number of hydrogen-bond donors (Lipinski definition) is 2. The topological polar surface area (TPSA) is 67.4 Å². The smallest absolute Gasteiger partial charge is 0.214 e. The van der Waals surface area contributed by atoms with E-state index < -0.39 is 10.0 Å². The van der Waals surface area contributed by atoms with E-state index in [1.165, 1.54) is 0 Å². The van der Waals surface area contributed by atoms with E-state index in [0.717, 1.165) is 38.8 Å². The molecule has 18 heavy (non-hydrogen) atoms. The summed E-state index contributed by atoms with van der Waals surface area (Å²) in [6.07, 6.45) is 4.14. The molecule has 0 bridgehead atoms. The van der Waals surface area contributed by atoms with Gasteiger partial charge in [0.25, 0.3) is 0 Å². The molecule has 0 saturated carbocycles. The van der Waals surface area contributed by atoms with Crippen molar-refractivity contribution in [3.8, 4) is 0 Å². The first-order valence-electron chi connectivity index (χ1n) is 6.81. The largest absolute Gasteiger partial charge is 0.370 e. The summed E-state index contributed by atoms with van der Waals surface area (Å²) in [4.78, 5) is 0. The average molecular weight is 276 g/mol. The van der Waals surface area contributed by atoms with E-state index in [0.29, 0.717) is 6.54 Å². The summed E-state index contributed by atoms with van der Waals surface area (Å²) in [5.41, 5.74) is 0.0131. The van der Waals surface area contributed by atoms with Crippen molar-refractivity contribution in [3.05, 3.63) is 0 Å².